The molecule has 0 aliphatic carbocycles. The molecule has 0 radical (unpaired) electrons. The Bertz CT molecular complexity index is 1330. The molecule has 0 bridgehead atoms. The van der Waals surface area contributed by atoms with E-state index in [1.807, 2.05) is 30.3 Å². The van der Waals surface area contributed by atoms with E-state index in [0.717, 1.165) is 48.1 Å². The van der Waals surface area contributed by atoms with Crippen molar-refractivity contribution in [2.24, 2.45) is 0 Å². The third-order valence-electron chi connectivity index (χ3n) is 6.30. The number of amides is 1. The molecule has 36 heavy (non-hydrogen) atoms. The van der Waals surface area contributed by atoms with Crippen molar-refractivity contribution in [1.82, 2.24) is 9.62 Å². The van der Waals surface area contributed by atoms with Gasteiger partial charge in [0.2, 0.25) is 15.9 Å². The van der Waals surface area contributed by atoms with Crippen LogP contribution in [0.2, 0.25) is 5.02 Å². The Morgan fingerprint density at radius 3 is 2.39 bits per heavy atom. The lowest BCUT2D eigenvalue weighted by molar-refractivity contribution is -0.124. The van der Waals surface area contributed by atoms with Crippen LogP contribution >= 0.6 is 11.6 Å². The van der Waals surface area contributed by atoms with E-state index in [2.05, 4.69) is 5.32 Å². The SMILES string of the molecule is O=C(NCc1cccc(CCCc2ccc(Cl)c(F)c2)c1)[C@@H]1CCCN1S(=O)(=O)c1ccc(F)cc1. The summed E-state index contributed by atoms with van der Waals surface area (Å²) in [6.45, 7) is 0.515. The fourth-order valence-electron chi connectivity index (χ4n) is 4.43. The highest BCUT2D eigenvalue weighted by Crippen LogP contribution is 2.26. The van der Waals surface area contributed by atoms with Crippen LogP contribution in [0.5, 0.6) is 0 Å². The van der Waals surface area contributed by atoms with Crippen molar-refractivity contribution >= 4 is 27.5 Å². The molecule has 5 nitrogen and oxygen atoms in total. The molecule has 3 aromatic carbocycles. The molecular weight excluding hydrogens is 506 g/mol. The van der Waals surface area contributed by atoms with Gasteiger partial charge in [0, 0.05) is 13.1 Å². The van der Waals surface area contributed by atoms with E-state index < -0.39 is 27.7 Å². The standard InChI is InChI=1S/C27H27ClF2N2O3S/c28-24-14-9-20(17-25(24)30)6-1-4-19-5-2-7-21(16-19)18-31-27(33)26-8-3-15-32(26)36(34,35)23-12-10-22(29)11-13-23/h2,5,7,9-14,16-17,26H,1,3-4,6,8,15,18H2,(H,31,33)/t26-/m0/s1. The van der Waals surface area contributed by atoms with Crippen LogP contribution in [0.3, 0.4) is 0 Å². The van der Waals surface area contributed by atoms with Crippen LogP contribution in [0.1, 0.15) is 36.0 Å². The highest BCUT2D eigenvalue weighted by molar-refractivity contribution is 7.89. The Hall–Kier alpha value is -2.81. The number of carbonyl (C=O) groups is 1. The normalized spacial score (nSPS) is 16.2. The second-order valence-electron chi connectivity index (χ2n) is 8.87. The summed E-state index contributed by atoms with van der Waals surface area (Å²) in [6, 6.07) is 16.5. The van der Waals surface area contributed by atoms with Gasteiger partial charge in [-0.2, -0.15) is 4.31 Å². The zero-order valence-electron chi connectivity index (χ0n) is 19.6. The fourth-order valence-corrected chi connectivity index (χ4v) is 6.20. The highest BCUT2D eigenvalue weighted by Gasteiger charge is 2.39. The van der Waals surface area contributed by atoms with Crippen molar-refractivity contribution in [2.45, 2.75) is 49.6 Å². The van der Waals surface area contributed by atoms with Crippen molar-refractivity contribution in [1.29, 1.82) is 0 Å². The summed E-state index contributed by atoms with van der Waals surface area (Å²) in [5.41, 5.74) is 2.89. The predicted molar refractivity (Wildman–Crippen MR) is 135 cm³/mol. The molecule has 190 valence electrons. The van der Waals surface area contributed by atoms with Gasteiger partial charge >= 0.3 is 0 Å². The number of nitrogens with one attached hydrogen (secondary N) is 1. The molecule has 1 saturated heterocycles. The lowest BCUT2D eigenvalue weighted by atomic mass is 10.0. The van der Waals surface area contributed by atoms with E-state index in [0.29, 0.717) is 12.8 Å². The number of nitrogens with zero attached hydrogens (tertiary/aromatic N) is 1. The fraction of sp³-hybridized carbons (Fsp3) is 0.296. The second-order valence-corrected chi connectivity index (χ2v) is 11.2. The molecule has 9 heteroatoms. The number of hydrogen-bond acceptors (Lipinski definition) is 3. The minimum atomic E-state index is -3.90. The van der Waals surface area contributed by atoms with E-state index in [4.69, 9.17) is 11.6 Å². The van der Waals surface area contributed by atoms with Crippen LogP contribution < -0.4 is 5.32 Å². The first kappa shape index (κ1) is 26.3. The molecule has 4 rings (SSSR count). The average Bonchev–Trinajstić information content (AvgIpc) is 3.37. The zero-order valence-corrected chi connectivity index (χ0v) is 21.2. The van der Waals surface area contributed by atoms with E-state index >= 15 is 0 Å². The van der Waals surface area contributed by atoms with Crippen LogP contribution in [-0.4, -0.2) is 31.2 Å². The third-order valence-corrected chi connectivity index (χ3v) is 8.53. The molecule has 1 atom stereocenters. The minimum Gasteiger partial charge on any atom is -0.351 e. The van der Waals surface area contributed by atoms with Gasteiger partial charge in [-0.15, -0.1) is 0 Å². The van der Waals surface area contributed by atoms with Crippen molar-refractivity contribution in [2.75, 3.05) is 6.54 Å². The maximum atomic E-state index is 13.6. The smallest absolute Gasteiger partial charge is 0.243 e. The van der Waals surface area contributed by atoms with Crippen LogP contribution in [-0.2, 0) is 34.2 Å². The van der Waals surface area contributed by atoms with E-state index in [-0.39, 0.29) is 28.9 Å². The lowest BCUT2D eigenvalue weighted by Crippen LogP contribution is -2.45. The molecule has 1 amide bonds. The van der Waals surface area contributed by atoms with E-state index in [1.54, 1.807) is 6.07 Å². The van der Waals surface area contributed by atoms with Crippen molar-refractivity contribution in [3.8, 4) is 0 Å². The number of halogens is 3. The number of benzene rings is 3. The summed E-state index contributed by atoms with van der Waals surface area (Å²) in [5.74, 6) is -1.29. The summed E-state index contributed by atoms with van der Waals surface area (Å²) in [6.07, 6.45) is 3.34. The van der Waals surface area contributed by atoms with Gasteiger partial charge in [-0.25, -0.2) is 17.2 Å². The van der Waals surface area contributed by atoms with Gasteiger partial charge in [-0.1, -0.05) is 41.9 Å². The molecule has 1 N–H and O–H groups in total. The molecule has 0 spiro atoms. The molecule has 3 aromatic rings. The molecular formula is C27H27ClF2N2O3S. The van der Waals surface area contributed by atoms with Crippen LogP contribution in [0, 0.1) is 11.6 Å². The number of carbonyl (C=O) groups excluding carboxylic acids is 1. The Kier molecular flexibility index (Phi) is 8.39. The number of aryl methyl sites for hydroxylation is 2. The van der Waals surface area contributed by atoms with Gasteiger partial charge in [-0.05, 0) is 85.2 Å². The van der Waals surface area contributed by atoms with Crippen LogP contribution in [0.25, 0.3) is 0 Å². The van der Waals surface area contributed by atoms with Gasteiger partial charge < -0.3 is 5.32 Å². The molecule has 1 fully saturated rings. The van der Waals surface area contributed by atoms with Gasteiger partial charge in [-0.3, -0.25) is 4.79 Å². The number of sulfonamides is 1. The molecule has 1 heterocycles. The maximum absolute atomic E-state index is 13.6. The van der Waals surface area contributed by atoms with Gasteiger partial charge in [0.05, 0.1) is 9.92 Å². The monoisotopic (exact) mass is 532 g/mol. The molecule has 0 saturated carbocycles. The Morgan fingerprint density at radius 1 is 0.972 bits per heavy atom. The number of hydrogen-bond donors (Lipinski definition) is 1. The average molecular weight is 533 g/mol. The van der Waals surface area contributed by atoms with Crippen LogP contribution in [0.15, 0.2) is 71.6 Å². The summed E-state index contributed by atoms with van der Waals surface area (Å²) in [4.78, 5) is 12.9. The first-order valence-corrected chi connectivity index (χ1v) is 13.6. The van der Waals surface area contributed by atoms with Gasteiger partial charge in [0.25, 0.3) is 0 Å². The first-order valence-electron chi connectivity index (χ1n) is 11.8. The quantitative estimate of drug-likeness (QED) is 0.408. The predicted octanol–water partition coefficient (Wildman–Crippen LogP) is 5.26. The largest absolute Gasteiger partial charge is 0.351 e. The van der Waals surface area contributed by atoms with Crippen LogP contribution in [0.4, 0.5) is 8.78 Å². The summed E-state index contributed by atoms with van der Waals surface area (Å²) >= 11 is 5.74. The van der Waals surface area contributed by atoms with Gasteiger partial charge in [0.15, 0.2) is 0 Å². The summed E-state index contributed by atoms with van der Waals surface area (Å²) < 4.78 is 54.1. The van der Waals surface area contributed by atoms with Crippen molar-refractivity contribution < 1.29 is 22.0 Å². The molecule has 0 unspecified atom stereocenters. The highest BCUT2D eigenvalue weighted by atomic mass is 35.5. The van der Waals surface area contributed by atoms with E-state index in [1.165, 1.54) is 22.5 Å². The first-order chi connectivity index (χ1) is 17.2. The molecule has 0 aromatic heterocycles. The Balaban J connectivity index is 1.33. The zero-order chi connectivity index (χ0) is 25.7. The summed E-state index contributed by atoms with van der Waals surface area (Å²) in [7, 11) is -3.90. The maximum Gasteiger partial charge on any atom is 0.243 e. The molecule has 1 aliphatic heterocycles. The Labute approximate surface area is 215 Å². The second kappa shape index (κ2) is 11.5. The third kappa shape index (κ3) is 6.30. The van der Waals surface area contributed by atoms with Crippen molar-refractivity contribution in [3.05, 3.63) is 100 Å². The summed E-state index contributed by atoms with van der Waals surface area (Å²) in [5, 5.41) is 2.98. The van der Waals surface area contributed by atoms with Crippen molar-refractivity contribution in [3.63, 3.8) is 0 Å². The van der Waals surface area contributed by atoms with Gasteiger partial charge in [0.1, 0.15) is 17.7 Å². The Morgan fingerprint density at radius 2 is 1.67 bits per heavy atom. The minimum absolute atomic E-state index is 0.0300. The number of rotatable bonds is 9. The van der Waals surface area contributed by atoms with E-state index in [9.17, 15) is 22.0 Å². The topological polar surface area (TPSA) is 66.5 Å². The lowest BCUT2D eigenvalue weighted by Gasteiger charge is -2.23. The molecule has 1 aliphatic rings.